The molecule has 0 fully saturated rings. The number of benzene rings is 2. The molecule has 0 aromatic heterocycles. The number of anilines is 1. The van der Waals surface area contributed by atoms with Crippen molar-refractivity contribution in [2.24, 2.45) is 0 Å². The Morgan fingerprint density at radius 3 is 1.88 bits per heavy atom. The maximum Gasteiger partial charge on any atom is 0.423 e. The first-order valence-corrected chi connectivity index (χ1v) is 8.81. The second-order valence-electron chi connectivity index (χ2n) is 6.94. The minimum atomic E-state index is -5.14. The lowest BCUT2D eigenvalue weighted by Gasteiger charge is -2.23. The maximum atomic E-state index is 13.1. The first kappa shape index (κ1) is 26.3. The second kappa shape index (κ2) is 9.12. The van der Waals surface area contributed by atoms with Crippen molar-refractivity contribution in [3.63, 3.8) is 0 Å². The van der Waals surface area contributed by atoms with E-state index in [1.807, 2.05) is 5.32 Å². The van der Waals surface area contributed by atoms with E-state index in [0.29, 0.717) is 12.1 Å². The van der Waals surface area contributed by atoms with Crippen molar-refractivity contribution in [3.05, 3.63) is 67.8 Å². The fourth-order valence-corrected chi connectivity index (χ4v) is 2.55. The van der Waals surface area contributed by atoms with Crippen molar-refractivity contribution >= 4 is 23.0 Å². The molecule has 184 valence electrons. The third-order valence-corrected chi connectivity index (χ3v) is 4.24. The highest BCUT2D eigenvalue weighted by Crippen LogP contribution is 2.39. The number of amides is 1. The van der Waals surface area contributed by atoms with E-state index in [4.69, 9.17) is 4.74 Å². The van der Waals surface area contributed by atoms with Crippen LogP contribution < -0.4 is 10.1 Å². The van der Waals surface area contributed by atoms with Gasteiger partial charge >= 0.3 is 12.4 Å². The summed E-state index contributed by atoms with van der Waals surface area (Å²) >= 11 is 0. The summed E-state index contributed by atoms with van der Waals surface area (Å²) in [6.45, 7) is -0.179. The number of carbonyl (C=O) groups excluding carboxylic acids is 1. The number of nitrogens with one attached hydrogen (secondary N) is 1. The van der Waals surface area contributed by atoms with E-state index in [1.165, 1.54) is 0 Å². The van der Waals surface area contributed by atoms with Crippen molar-refractivity contribution in [2.75, 3.05) is 11.9 Å². The summed E-state index contributed by atoms with van der Waals surface area (Å²) in [5.41, 5.74) is -8.94. The van der Waals surface area contributed by atoms with Crippen molar-refractivity contribution in [1.29, 1.82) is 0 Å². The molecule has 0 saturated heterocycles. The molecule has 1 atom stereocenters. The standard InChI is InChI=1S/C18H13F6N3O7/c1-16(29,8-34-10-3-5-14(27(32)33)12(7-10)18(22,23)24)15(28)25-9-2-4-13(26(30)31)11(6-9)17(19,20)21/h2-7,29H,8H2,1H3,(H,25,28)/t16-/m0/s1. The largest absolute Gasteiger partial charge is 0.490 e. The lowest BCUT2D eigenvalue weighted by Crippen LogP contribution is -2.45. The van der Waals surface area contributed by atoms with E-state index in [2.05, 4.69) is 0 Å². The van der Waals surface area contributed by atoms with E-state index >= 15 is 0 Å². The number of hydrogen-bond acceptors (Lipinski definition) is 7. The molecule has 10 nitrogen and oxygen atoms in total. The Labute approximate surface area is 185 Å². The Morgan fingerprint density at radius 1 is 0.941 bits per heavy atom. The van der Waals surface area contributed by atoms with E-state index in [0.717, 1.165) is 19.1 Å². The summed E-state index contributed by atoms with van der Waals surface area (Å²) in [4.78, 5) is 31.3. The Hall–Kier alpha value is -3.95. The number of carbonyl (C=O) groups is 1. The van der Waals surface area contributed by atoms with Gasteiger partial charge in [-0.3, -0.25) is 25.0 Å². The number of nitro benzene ring substituents is 2. The van der Waals surface area contributed by atoms with E-state index in [-0.39, 0.29) is 12.1 Å². The molecule has 0 radical (unpaired) electrons. The molecule has 2 rings (SSSR count). The molecular weight excluding hydrogens is 484 g/mol. The Bertz CT molecular complexity index is 1130. The third-order valence-electron chi connectivity index (χ3n) is 4.24. The lowest BCUT2D eigenvalue weighted by atomic mass is 10.1. The van der Waals surface area contributed by atoms with Crippen LogP contribution in [0.2, 0.25) is 0 Å². The van der Waals surface area contributed by atoms with Crippen LogP contribution >= 0.6 is 0 Å². The van der Waals surface area contributed by atoms with Crippen molar-refractivity contribution in [3.8, 4) is 5.75 Å². The number of nitro groups is 2. The summed E-state index contributed by atoms with van der Waals surface area (Å²) in [6.07, 6.45) is -10.3. The molecule has 0 spiro atoms. The highest BCUT2D eigenvalue weighted by Gasteiger charge is 2.40. The van der Waals surface area contributed by atoms with Crippen LogP contribution in [0.3, 0.4) is 0 Å². The van der Waals surface area contributed by atoms with Gasteiger partial charge in [-0.05, 0) is 31.2 Å². The van der Waals surface area contributed by atoms with Crippen molar-refractivity contribution in [1.82, 2.24) is 0 Å². The number of rotatable bonds is 7. The summed E-state index contributed by atoms with van der Waals surface area (Å²) in [7, 11) is 0. The molecule has 16 heteroatoms. The topological polar surface area (TPSA) is 145 Å². The van der Waals surface area contributed by atoms with Gasteiger partial charge < -0.3 is 15.2 Å². The molecule has 1 amide bonds. The minimum absolute atomic E-state index is 0.263. The smallest absolute Gasteiger partial charge is 0.423 e. The van der Waals surface area contributed by atoms with Crippen LogP contribution in [0.15, 0.2) is 36.4 Å². The molecule has 2 aromatic rings. The Kier molecular flexibility index (Phi) is 7.06. The van der Waals surface area contributed by atoms with Gasteiger partial charge in [-0.1, -0.05) is 0 Å². The molecule has 2 N–H and O–H groups in total. The highest BCUT2D eigenvalue weighted by atomic mass is 19.4. The van der Waals surface area contributed by atoms with Crippen LogP contribution in [0.4, 0.5) is 43.4 Å². The molecule has 0 bridgehead atoms. The number of halogens is 6. The van der Waals surface area contributed by atoms with Crippen molar-refractivity contribution in [2.45, 2.75) is 24.9 Å². The summed E-state index contributed by atoms with van der Waals surface area (Å²) in [5.74, 6) is -1.95. The van der Waals surface area contributed by atoms with Gasteiger partial charge in [0.25, 0.3) is 17.3 Å². The van der Waals surface area contributed by atoms with E-state index in [9.17, 15) is 56.5 Å². The minimum Gasteiger partial charge on any atom is -0.490 e. The molecule has 2 aromatic carbocycles. The predicted octanol–water partition coefficient (Wildman–Crippen LogP) is 4.31. The van der Waals surface area contributed by atoms with Gasteiger partial charge in [-0.2, -0.15) is 26.3 Å². The zero-order chi connectivity index (χ0) is 26.1. The Morgan fingerprint density at radius 2 is 1.41 bits per heavy atom. The van der Waals surface area contributed by atoms with Crippen LogP contribution in [-0.2, 0) is 17.1 Å². The van der Waals surface area contributed by atoms with Crippen molar-refractivity contribution < 1.29 is 50.8 Å². The number of nitrogens with zero attached hydrogens (tertiary/aromatic N) is 2. The molecule has 0 aliphatic carbocycles. The third kappa shape index (κ3) is 6.09. The molecule has 0 saturated carbocycles. The first-order chi connectivity index (χ1) is 15.4. The van der Waals surface area contributed by atoms with Gasteiger partial charge in [-0.15, -0.1) is 0 Å². The zero-order valence-corrected chi connectivity index (χ0v) is 16.7. The number of ether oxygens (including phenoxy) is 1. The first-order valence-electron chi connectivity index (χ1n) is 8.81. The predicted molar refractivity (Wildman–Crippen MR) is 101 cm³/mol. The van der Waals surface area contributed by atoms with Crippen LogP contribution in [0.25, 0.3) is 0 Å². The van der Waals surface area contributed by atoms with Crippen LogP contribution in [0.1, 0.15) is 18.1 Å². The maximum absolute atomic E-state index is 13.1. The summed E-state index contributed by atoms with van der Waals surface area (Å²) < 4.78 is 83.2. The molecule has 0 aliphatic heterocycles. The fourth-order valence-electron chi connectivity index (χ4n) is 2.55. The molecule has 0 aliphatic rings. The van der Waals surface area contributed by atoms with Gasteiger partial charge in [0.2, 0.25) is 0 Å². The fraction of sp³-hybridized carbons (Fsp3) is 0.278. The normalized spacial score (nSPS) is 13.6. The molecular formula is C18H13F6N3O7. The van der Waals surface area contributed by atoms with E-state index in [1.54, 1.807) is 0 Å². The lowest BCUT2D eigenvalue weighted by molar-refractivity contribution is -0.388. The van der Waals surface area contributed by atoms with Gasteiger partial charge in [0.1, 0.15) is 23.5 Å². The highest BCUT2D eigenvalue weighted by molar-refractivity contribution is 5.97. The monoisotopic (exact) mass is 497 g/mol. The molecule has 0 heterocycles. The summed E-state index contributed by atoms with van der Waals surface area (Å²) in [6, 6.07) is 3.08. The van der Waals surface area contributed by atoms with Gasteiger partial charge in [0, 0.05) is 17.8 Å². The second-order valence-corrected chi connectivity index (χ2v) is 6.94. The quantitative estimate of drug-likeness (QED) is 0.329. The summed E-state index contributed by atoms with van der Waals surface area (Å²) in [5, 5.41) is 33.7. The van der Waals surface area contributed by atoms with Crippen LogP contribution in [-0.4, -0.2) is 33.1 Å². The average Bonchev–Trinajstić information content (AvgIpc) is 2.70. The van der Waals surface area contributed by atoms with Gasteiger partial charge in [-0.25, -0.2) is 0 Å². The SMILES string of the molecule is C[C@](O)(COc1ccc([N+](=O)[O-])c(C(F)(F)F)c1)C(=O)Nc1ccc([N+](=O)[O-])c(C(F)(F)F)c1. The number of alkyl halides is 6. The zero-order valence-electron chi connectivity index (χ0n) is 16.7. The van der Waals surface area contributed by atoms with E-state index < -0.39 is 74.3 Å². The number of aliphatic hydroxyl groups is 1. The van der Waals surface area contributed by atoms with Crippen LogP contribution in [0, 0.1) is 20.2 Å². The Balaban J connectivity index is 2.21. The molecule has 0 unspecified atom stereocenters. The average molecular weight is 497 g/mol. The van der Waals surface area contributed by atoms with Gasteiger partial charge in [0.15, 0.2) is 5.60 Å². The van der Waals surface area contributed by atoms with Crippen LogP contribution in [0.5, 0.6) is 5.75 Å². The molecule has 34 heavy (non-hydrogen) atoms. The number of hydrogen-bond donors (Lipinski definition) is 2. The van der Waals surface area contributed by atoms with Gasteiger partial charge in [0.05, 0.1) is 9.85 Å².